The molecule has 1 fully saturated rings. The molecule has 0 atom stereocenters. The van der Waals surface area contributed by atoms with E-state index in [1.165, 1.54) is 0 Å². The minimum atomic E-state index is -0.590. The number of nitrogens with one attached hydrogen (secondary N) is 1. The number of hydrogen-bond donors (Lipinski definition) is 2. The first-order valence-electron chi connectivity index (χ1n) is 6.43. The van der Waals surface area contributed by atoms with E-state index in [0.717, 1.165) is 38.1 Å². The third kappa shape index (κ3) is 2.84. The van der Waals surface area contributed by atoms with E-state index in [9.17, 15) is 5.11 Å². The number of aryl methyl sites for hydroxylation is 1. The minimum Gasteiger partial charge on any atom is -0.389 e. The molecule has 0 saturated heterocycles. The van der Waals surface area contributed by atoms with Crippen molar-refractivity contribution < 1.29 is 5.11 Å². The second-order valence-electron chi connectivity index (χ2n) is 4.96. The normalized spacial score (nSPS) is 29.5. The Hall–Kier alpha value is -0.940. The van der Waals surface area contributed by atoms with Gasteiger partial charge >= 0.3 is 0 Å². The highest BCUT2D eigenvalue weighted by atomic mass is 16.3. The zero-order valence-corrected chi connectivity index (χ0v) is 10.7. The zero-order chi connectivity index (χ0) is 12.3. The number of nitrogens with zero attached hydrogens (tertiary/aromatic N) is 3. The van der Waals surface area contributed by atoms with Gasteiger partial charge in [0.2, 0.25) is 0 Å². The molecule has 0 amide bonds. The topological polar surface area (TPSA) is 63.0 Å². The van der Waals surface area contributed by atoms with Crippen molar-refractivity contribution in [2.75, 3.05) is 7.05 Å². The molecule has 2 rings (SSSR count). The van der Waals surface area contributed by atoms with Gasteiger partial charge in [-0.15, -0.1) is 0 Å². The molecule has 5 heteroatoms. The standard InChI is InChI=1S/C12H22N4O/c1-3-16-11(14-9-15-16)8-12(17)6-4-10(13-2)5-7-12/h9-10,13,17H,3-8H2,1-2H3. The van der Waals surface area contributed by atoms with E-state index in [1.54, 1.807) is 6.33 Å². The van der Waals surface area contributed by atoms with Crippen molar-refractivity contribution in [3.05, 3.63) is 12.2 Å². The van der Waals surface area contributed by atoms with Crippen LogP contribution in [0.4, 0.5) is 0 Å². The van der Waals surface area contributed by atoms with Crippen molar-refractivity contribution in [1.82, 2.24) is 20.1 Å². The van der Waals surface area contributed by atoms with Gasteiger partial charge < -0.3 is 10.4 Å². The van der Waals surface area contributed by atoms with E-state index < -0.39 is 5.60 Å². The lowest BCUT2D eigenvalue weighted by Crippen LogP contribution is -2.42. The van der Waals surface area contributed by atoms with Gasteiger partial charge in [0.25, 0.3) is 0 Å². The quantitative estimate of drug-likeness (QED) is 0.812. The maximum atomic E-state index is 10.6. The van der Waals surface area contributed by atoms with E-state index in [-0.39, 0.29) is 0 Å². The number of aromatic nitrogens is 3. The minimum absolute atomic E-state index is 0.555. The van der Waals surface area contributed by atoms with E-state index in [4.69, 9.17) is 0 Å². The average Bonchev–Trinajstić information content (AvgIpc) is 2.77. The van der Waals surface area contributed by atoms with Crippen LogP contribution in [-0.4, -0.2) is 38.6 Å². The van der Waals surface area contributed by atoms with Crippen LogP contribution in [0.3, 0.4) is 0 Å². The van der Waals surface area contributed by atoms with Gasteiger partial charge in [0, 0.05) is 19.0 Å². The fraction of sp³-hybridized carbons (Fsp3) is 0.833. The fourth-order valence-electron chi connectivity index (χ4n) is 2.60. The highest BCUT2D eigenvalue weighted by Crippen LogP contribution is 2.30. The summed E-state index contributed by atoms with van der Waals surface area (Å²) < 4.78 is 1.86. The van der Waals surface area contributed by atoms with Crippen molar-refractivity contribution >= 4 is 0 Å². The molecule has 1 aromatic rings. The van der Waals surface area contributed by atoms with Crippen molar-refractivity contribution in [3.63, 3.8) is 0 Å². The van der Waals surface area contributed by atoms with Crippen LogP contribution in [0.25, 0.3) is 0 Å². The predicted octanol–water partition coefficient (Wildman–Crippen LogP) is 0.734. The number of hydrogen-bond acceptors (Lipinski definition) is 4. The van der Waals surface area contributed by atoms with Crippen molar-refractivity contribution in [3.8, 4) is 0 Å². The monoisotopic (exact) mass is 238 g/mol. The number of rotatable bonds is 4. The molecule has 0 aromatic carbocycles. The molecule has 5 nitrogen and oxygen atoms in total. The lowest BCUT2D eigenvalue weighted by molar-refractivity contribution is -0.00487. The van der Waals surface area contributed by atoms with Crippen LogP contribution in [0.1, 0.15) is 38.4 Å². The third-order valence-corrected chi connectivity index (χ3v) is 3.81. The SMILES string of the molecule is CCn1ncnc1CC1(O)CCC(NC)CC1. The summed E-state index contributed by atoms with van der Waals surface area (Å²) in [6, 6.07) is 0.555. The van der Waals surface area contributed by atoms with E-state index >= 15 is 0 Å². The summed E-state index contributed by atoms with van der Waals surface area (Å²) in [5.41, 5.74) is -0.590. The summed E-state index contributed by atoms with van der Waals surface area (Å²) in [6.07, 6.45) is 5.95. The smallest absolute Gasteiger partial charge is 0.138 e. The first-order chi connectivity index (χ1) is 8.17. The average molecular weight is 238 g/mol. The summed E-state index contributed by atoms with van der Waals surface area (Å²) >= 11 is 0. The Kier molecular flexibility index (Phi) is 3.79. The van der Waals surface area contributed by atoms with Crippen LogP contribution in [0, 0.1) is 0 Å². The van der Waals surface area contributed by atoms with Gasteiger partial charge in [-0.1, -0.05) is 0 Å². The van der Waals surface area contributed by atoms with E-state index in [0.29, 0.717) is 12.5 Å². The summed E-state index contributed by atoms with van der Waals surface area (Å²) in [5, 5.41) is 18.0. The van der Waals surface area contributed by atoms with Crippen molar-refractivity contribution in [1.29, 1.82) is 0 Å². The third-order valence-electron chi connectivity index (χ3n) is 3.81. The molecule has 17 heavy (non-hydrogen) atoms. The molecule has 0 spiro atoms. The first-order valence-corrected chi connectivity index (χ1v) is 6.43. The summed E-state index contributed by atoms with van der Waals surface area (Å²) in [4.78, 5) is 4.24. The molecule has 2 N–H and O–H groups in total. The molecule has 0 aliphatic heterocycles. The maximum Gasteiger partial charge on any atom is 0.138 e. The fourth-order valence-corrected chi connectivity index (χ4v) is 2.60. The van der Waals surface area contributed by atoms with Crippen LogP contribution in [0.15, 0.2) is 6.33 Å². The van der Waals surface area contributed by atoms with Crippen LogP contribution >= 0.6 is 0 Å². The predicted molar refractivity (Wildman–Crippen MR) is 65.7 cm³/mol. The van der Waals surface area contributed by atoms with Crippen molar-refractivity contribution in [2.45, 2.75) is 57.2 Å². The van der Waals surface area contributed by atoms with Crippen LogP contribution < -0.4 is 5.32 Å². The molecule has 0 unspecified atom stereocenters. The van der Waals surface area contributed by atoms with Crippen LogP contribution in [-0.2, 0) is 13.0 Å². The van der Waals surface area contributed by atoms with Gasteiger partial charge in [-0.05, 0) is 39.7 Å². The zero-order valence-electron chi connectivity index (χ0n) is 10.7. The summed E-state index contributed by atoms with van der Waals surface area (Å²) in [6.45, 7) is 2.85. The Morgan fingerprint density at radius 2 is 2.24 bits per heavy atom. The van der Waals surface area contributed by atoms with Gasteiger partial charge in [0.1, 0.15) is 12.2 Å². The Morgan fingerprint density at radius 3 is 2.82 bits per heavy atom. The number of aliphatic hydroxyl groups is 1. The molecule has 1 aliphatic carbocycles. The molecular formula is C12H22N4O. The van der Waals surface area contributed by atoms with Gasteiger partial charge in [0.05, 0.1) is 5.60 Å². The molecule has 0 radical (unpaired) electrons. The second-order valence-corrected chi connectivity index (χ2v) is 4.96. The Labute approximate surface area is 102 Å². The van der Waals surface area contributed by atoms with Crippen molar-refractivity contribution in [2.24, 2.45) is 0 Å². The Bertz CT molecular complexity index is 355. The molecule has 1 heterocycles. The highest BCUT2D eigenvalue weighted by molar-refractivity contribution is 4.97. The van der Waals surface area contributed by atoms with Crippen LogP contribution in [0.2, 0.25) is 0 Å². The molecular weight excluding hydrogens is 216 g/mol. The van der Waals surface area contributed by atoms with Gasteiger partial charge in [0.15, 0.2) is 0 Å². The van der Waals surface area contributed by atoms with E-state index in [2.05, 4.69) is 15.4 Å². The second kappa shape index (κ2) is 5.14. The molecule has 1 aliphatic rings. The van der Waals surface area contributed by atoms with E-state index in [1.807, 2.05) is 18.7 Å². The molecule has 1 aromatic heterocycles. The molecule has 96 valence electrons. The summed E-state index contributed by atoms with van der Waals surface area (Å²) in [5.74, 6) is 0.901. The van der Waals surface area contributed by atoms with Crippen LogP contribution in [0.5, 0.6) is 0 Å². The Morgan fingerprint density at radius 1 is 1.53 bits per heavy atom. The lowest BCUT2D eigenvalue weighted by atomic mass is 9.80. The van der Waals surface area contributed by atoms with Gasteiger partial charge in [-0.2, -0.15) is 5.10 Å². The largest absolute Gasteiger partial charge is 0.389 e. The highest BCUT2D eigenvalue weighted by Gasteiger charge is 2.34. The summed E-state index contributed by atoms with van der Waals surface area (Å²) in [7, 11) is 1.99. The van der Waals surface area contributed by atoms with Gasteiger partial charge in [-0.25, -0.2) is 4.98 Å². The first kappa shape index (κ1) is 12.5. The lowest BCUT2D eigenvalue weighted by Gasteiger charge is -2.35. The van der Waals surface area contributed by atoms with Gasteiger partial charge in [-0.3, -0.25) is 4.68 Å². The molecule has 1 saturated carbocycles. The maximum absolute atomic E-state index is 10.6. The Balaban J connectivity index is 1.99. The molecule has 0 bridgehead atoms.